The topological polar surface area (TPSA) is 75.3 Å². The van der Waals surface area contributed by atoms with E-state index in [0.717, 1.165) is 35.3 Å². The standard InChI is InChI=1S/C26H23F2N3O3S/c1-16-5-10-21(17(2)13-16)31-24(33)22(14-18-6-8-19(9-7-18)34-26(27)28)35-25(31)20(15-29)23(32)30-11-3-4-12-30/h5-10,13-14,26H,3-4,11-12H2,1-2H3/b22-14+,25-20-. The number of alkyl halides is 2. The Labute approximate surface area is 204 Å². The van der Waals surface area contributed by atoms with Gasteiger partial charge >= 0.3 is 6.61 Å². The highest BCUT2D eigenvalue weighted by Crippen LogP contribution is 2.17. The van der Waals surface area contributed by atoms with Crippen molar-refractivity contribution in [3.63, 3.8) is 0 Å². The minimum Gasteiger partial charge on any atom is -0.435 e. The molecule has 0 saturated carbocycles. The van der Waals surface area contributed by atoms with E-state index in [0.29, 0.717) is 28.9 Å². The lowest BCUT2D eigenvalue weighted by Crippen LogP contribution is -2.35. The van der Waals surface area contributed by atoms with Crippen molar-refractivity contribution < 1.29 is 18.3 Å². The number of amides is 1. The van der Waals surface area contributed by atoms with E-state index < -0.39 is 6.61 Å². The second-order valence-corrected chi connectivity index (χ2v) is 9.31. The van der Waals surface area contributed by atoms with Crippen LogP contribution in [0.5, 0.6) is 5.75 Å². The van der Waals surface area contributed by atoms with E-state index in [2.05, 4.69) is 4.74 Å². The Morgan fingerprint density at radius 2 is 1.83 bits per heavy atom. The second kappa shape index (κ2) is 10.2. The maximum absolute atomic E-state index is 13.6. The van der Waals surface area contributed by atoms with E-state index in [1.165, 1.54) is 16.7 Å². The number of aromatic nitrogens is 1. The Bertz CT molecular complexity index is 1480. The van der Waals surface area contributed by atoms with Crippen molar-refractivity contribution in [3.8, 4) is 17.5 Å². The van der Waals surface area contributed by atoms with Gasteiger partial charge in [-0.05, 0) is 62.1 Å². The van der Waals surface area contributed by atoms with Crippen molar-refractivity contribution in [2.24, 2.45) is 0 Å². The molecule has 1 saturated heterocycles. The fourth-order valence-corrected chi connectivity index (χ4v) is 5.18. The summed E-state index contributed by atoms with van der Waals surface area (Å²) in [6.45, 7) is 2.04. The summed E-state index contributed by atoms with van der Waals surface area (Å²) in [7, 11) is 0. The number of nitrogens with zero attached hydrogens (tertiary/aromatic N) is 3. The number of halogens is 2. The van der Waals surface area contributed by atoms with Gasteiger partial charge in [0.1, 0.15) is 16.5 Å². The Kier molecular flexibility index (Phi) is 7.12. The van der Waals surface area contributed by atoms with Crippen LogP contribution < -0.4 is 19.5 Å². The molecule has 1 aromatic heterocycles. The second-order valence-electron chi connectivity index (χ2n) is 8.28. The Morgan fingerprint density at radius 3 is 2.43 bits per heavy atom. The predicted molar refractivity (Wildman–Crippen MR) is 130 cm³/mol. The number of thiazole rings is 1. The van der Waals surface area contributed by atoms with E-state index >= 15 is 0 Å². The van der Waals surface area contributed by atoms with Crippen LogP contribution in [0, 0.1) is 25.2 Å². The van der Waals surface area contributed by atoms with E-state index in [9.17, 15) is 23.6 Å². The van der Waals surface area contributed by atoms with E-state index in [4.69, 9.17) is 0 Å². The first-order valence-electron chi connectivity index (χ1n) is 11.1. The minimum atomic E-state index is -2.93. The maximum Gasteiger partial charge on any atom is 0.387 e. The molecule has 2 aromatic carbocycles. The average Bonchev–Trinajstić information content (AvgIpc) is 3.45. The third kappa shape index (κ3) is 5.17. The van der Waals surface area contributed by atoms with Crippen LogP contribution in [-0.4, -0.2) is 35.1 Å². The molecule has 180 valence electrons. The number of benzene rings is 2. The Morgan fingerprint density at radius 1 is 1.14 bits per heavy atom. The molecular weight excluding hydrogens is 472 g/mol. The monoisotopic (exact) mass is 495 g/mol. The van der Waals surface area contributed by atoms with Gasteiger partial charge < -0.3 is 9.64 Å². The largest absolute Gasteiger partial charge is 0.435 e. The minimum absolute atomic E-state index is 0.00743. The van der Waals surface area contributed by atoms with Crippen molar-refractivity contribution in [2.75, 3.05) is 13.1 Å². The van der Waals surface area contributed by atoms with Crippen LogP contribution in [0.15, 0.2) is 47.3 Å². The van der Waals surface area contributed by atoms with Crippen molar-refractivity contribution >= 4 is 28.9 Å². The quantitative estimate of drug-likeness (QED) is 0.545. The molecule has 35 heavy (non-hydrogen) atoms. The molecule has 2 heterocycles. The lowest BCUT2D eigenvalue weighted by molar-refractivity contribution is -0.123. The highest BCUT2D eigenvalue weighted by Gasteiger charge is 2.24. The van der Waals surface area contributed by atoms with Crippen LogP contribution in [0.3, 0.4) is 0 Å². The number of aryl methyl sites for hydroxylation is 2. The number of rotatable bonds is 5. The summed E-state index contributed by atoms with van der Waals surface area (Å²) in [4.78, 5) is 28.4. The molecule has 3 aromatic rings. The summed E-state index contributed by atoms with van der Waals surface area (Å²) in [6, 6.07) is 13.5. The molecule has 0 atom stereocenters. The SMILES string of the molecule is Cc1ccc(-n2c(=O)/c(=C\c3ccc(OC(F)F)cc3)s/c2=C(/C#N)C(=O)N2CCCC2)c(C)c1. The molecule has 0 bridgehead atoms. The van der Waals surface area contributed by atoms with Crippen LogP contribution in [0.25, 0.3) is 17.3 Å². The Balaban J connectivity index is 1.94. The molecule has 1 amide bonds. The van der Waals surface area contributed by atoms with E-state index in [-0.39, 0.29) is 27.5 Å². The number of hydrogen-bond donors (Lipinski definition) is 0. The number of nitriles is 1. The fourth-order valence-electron chi connectivity index (χ4n) is 4.09. The fraction of sp³-hybridized carbons (Fsp3) is 0.269. The highest BCUT2D eigenvalue weighted by atomic mass is 32.1. The summed E-state index contributed by atoms with van der Waals surface area (Å²) in [5, 5.41) is 9.96. The predicted octanol–water partition coefficient (Wildman–Crippen LogP) is 3.24. The first-order valence-corrected chi connectivity index (χ1v) is 11.9. The molecule has 1 aliphatic heterocycles. The molecule has 0 aliphatic carbocycles. The molecule has 9 heteroatoms. The van der Waals surface area contributed by atoms with Crippen LogP contribution in [0.1, 0.15) is 29.5 Å². The Hall–Kier alpha value is -3.77. The van der Waals surface area contributed by atoms with Gasteiger partial charge in [-0.25, -0.2) is 0 Å². The van der Waals surface area contributed by atoms with Gasteiger partial charge in [-0.3, -0.25) is 14.2 Å². The first kappa shape index (κ1) is 24.4. The van der Waals surface area contributed by atoms with Crippen LogP contribution in [0.4, 0.5) is 8.78 Å². The normalized spacial score (nSPS) is 14.9. The number of hydrogen-bond acceptors (Lipinski definition) is 5. The number of carbonyl (C=O) groups is 1. The molecule has 0 spiro atoms. The van der Waals surface area contributed by atoms with Gasteiger partial charge in [0.05, 0.1) is 10.2 Å². The summed E-state index contributed by atoms with van der Waals surface area (Å²) in [6.07, 6.45) is 3.37. The lowest BCUT2D eigenvalue weighted by Gasteiger charge is -2.14. The number of carbonyl (C=O) groups excluding carboxylic acids is 1. The molecular formula is C26H23F2N3O3S. The molecule has 6 nitrogen and oxygen atoms in total. The van der Waals surface area contributed by atoms with Crippen molar-refractivity contribution in [1.82, 2.24) is 9.47 Å². The van der Waals surface area contributed by atoms with E-state index in [1.807, 2.05) is 32.0 Å². The number of ether oxygens (including phenoxy) is 1. The molecule has 0 radical (unpaired) electrons. The summed E-state index contributed by atoms with van der Waals surface area (Å²) in [5.41, 5.74) is 2.59. The zero-order valence-electron chi connectivity index (χ0n) is 19.3. The zero-order valence-corrected chi connectivity index (χ0v) is 20.1. The van der Waals surface area contributed by atoms with Gasteiger partial charge in [0.2, 0.25) is 0 Å². The number of likely N-dealkylation sites (tertiary alicyclic amines) is 1. The third-order valence-corrected chi connectivity index (χ3v) is 6.85. The van der Waals surface area contributed by atoms with Gasteiger partial charge in [0.15, 0.2) is 5.57 Å². The van der Waals surface area contributed by atoms with Gasteiger partial charge in [0.25, 0.3) is 11.5 Å². The summed E-state index contributed by atoms with van der Waals surface area (Å²) in [5.74, 6) is -0.377. The average molecular weight is 496 g/mol. The van der Waals surface area contributed by atoms with Gasteiger partial charge in [0, 0.05) is 13.1 Å². The maximum atomic E-state index is 13.6. The van der Waals surface area contributed by atoms with Crippen LogP contribution in [0.2, 0.25) is 0 Å². The van der Waals surface area contributed by atoms with Crippen molar-refractivity contribution in [2.45, 2.75) is 33.3 Å². The summed E-state index contributed by atoms with van der Waals surface area (Å²) >= 11 is 1.06. The van der Waals surface area contributed by atoms with E-state index in [1.54, 1.807) is 29.2 Å². The first-order chi connectivity index (χ1) is 16.8. The third-order valence-electron chi connectivity index (χ3n) is 5.75. The lowest BCUT2D eigenvalue weighted by atomic mass is 10.1. The van der Waals surface area contributed by atoms with Crippen LogP contribution >= 0.6 is 11.3 Å². The smallest absolute Gasteiger partial charge is 0.387 e. The van der Waals surface area contributed by atoms with Gasteiger partial charge in [-0.15, -0.1) is 11.3 Å². The summed E-state index contributed by atoms with van der Waals surface area (Å²) < 4.78 is 31.3. The van der Waals surface area contributed by atoms with Crippen LogP contribution in [-0.2, 0) is 4.79 Å². The van der Waals surface area contributed by atoms with Gasteiger partial charge in [-0.2, -0.15) is 14.0 Å². The molecule has 1 fully saturated rings. The molecule has 4 rings (SSSR count). The van der Waals surface area contributed by atoms with Crippen molar-refractivity contribution in [1.29, 1.82) is 5.26 Å². The molecule has 0 N–H and O–H groups in total. The molecule has 0 unspecified atom stereocenters. The van der Waals surface area contributed by atoms with Gasteiger partial charge in [-0.1, -0.05) is 29.8 Å². The zero-order chi connectivity index (χ0) is 25.1. The molecule has 1 aliphatic rings. The highest BCUT2D eigenvalue weighted by molar-refractivity contribution is 7.07. The van der Waals surface area contributed by atoms with Crippen molar-refractivity contribution in [3.05, 3.63) is 78.7 Å².